The number of phenolic OH excluding ortho intramolecular Hbond substituents is 1. The van der Waals surface area contributed by atoms with Gasteiger partial charge in [0.2, 0.25) is 0 Å². The third-order valence-electron chi connectivity index (χ3n) is 6.19. The quantitative estimate of drug-likeness (QED) is 0.451. The molecule has 5 rings (SSSR count). The van der Waals surface area contributed by atoms with Crippen molar-refractivity contribution in [3.05, 3.63) is 76.3 Å². The van der Waals surface area contributed by atoms with Crippen molar-refractivity contribution >= 4 is 17.4 Å². The van der Waals surface area contributed by atoms with Crippen molar-refractivity contribution in [3.8, 4) is 33.7 Å². The Morgan fingerprint density at radius 2 is 1.91 bits per heavy atom. The molecule has 2 N–H and O–H groups in total. The van der Waals surface area contributed by atoms with Gasteiger partial charge in [-0.15, -0.1) is 5.10 Å². The summed E-state index contributed by atoms with van der Waals surface area (Å²) in [6, 6.07) is 9.61. The fourth-order valence-corrected chi connectivity index (χ4v) is 4.63. The summed E-state index contributed by atoms with van der Waals surface area (Å²) in [5.41, 5.74) is 1.90. The monoisotopic (exact) mass is 494 g/mol. The minimum atomic E-state index is -0.513. The molecule has 2 aromatic carbocycles. The van der Waals surface area contributed by atoms with Crippen molar-refractivity contribution < 1.29 is 9.50 Å². The summed E-state index contributed by atoms with van der Waals surface area (Å²) in [5, 5.41) is 23.2. The summed E-state index contributed by atoms with van der Waals surface area (Å²) in [6.07, 6.45) is 4.76. The predicted molar refractivity (Wildman–Crippen MR) is 134 cm³/mol. The zero-order chi connectivity index (χ0) is 24.7. The first-order valence-corrected chi connectivity index (χ1v) is 11.6. The molecule has 35 heavy (non-hydrogen) atoms. The minimum Gasteiger partial charge on any atom is -0.507 e. The van der Waals surface area contributed by atoms with Gasteiger partial charge in [0.15, 0.2) is 5.82 Å². The highest BCUT2D eigenvalue weighted by molar-refractivity contribution is 6.32. The highest BCUT2D eigenvalue weighted by Gasteiger charge is 2.20. The van der Waals surface area contributed by atoms with E-state index >= 15 is 0 Å². The van der Waals surface area contributed by atoms with E-state index in [9.17, 15) is 14.3 Å². The van der Waals surface area contributed by atoms with Gasteiger partial charge in [0.25, 0.3) is 0 Å². The fraction of sp³-hybridized carbons (Fsp3) is 0.240. The lowest BCUT2D eigenvalue weighted by atomic mass is 9.97. The van der Waals surface area contributed by atoms with E-state index in [-0.39, 0.29) is 17.0 Å². The van der Waals surface area contributed by atoms with Crippen LogP contribution < -0.4 is 15.9 Å². The summed E-state index contributed by atoms with van der Waals surface area (Å²) in [7, 11) is 1.65. The first kappa shape index (κ1) is 23.1. The number of phenols is 1. The molecule has 0 bridgehead atoms. The number of aromatic nitrogens is 4. The SMILES string of the molecule is C[C@@H]1CN(c2cc(-c3cc(F)cc(-c4ccc(-n5ccn(C)c5=O)c(Cl)c4)c3O)cnn2)CCN1. The van der Waals surface area contributed by atoms with Gasteiger partial charge in [-0.2, -0.15) is 5.10 Å². The van der Waals surface area contributed by atoms with Crippen LogP contribution in [-0.4, -0.2) is 50.1 Å². The molecular weight excluding hydrogens is 471 g/mol. The molecule has 0 amide bonds. The highest BCUT2D eigenvalue weighted by Crippen LogP contribution is 2.40. The third kappa shape index (κ3) is 4.40. The lowest BCUT2D eigenvalue weighted by Crippen LogP contribution is -2.49. The number of halogens is 2. The topological polar surface area (TPSA) is 88.2 Å². The number of piperazine rings is 1. The van der Waals surface area contributed by atoms with Crippen LogP contribution in [0.1, 0.15) is 6.92 Å². The molecule has 8 nitrogen and oxygen atoms in total. The second-order valence-corrected chi connectivity index (χ2v) is 9.09. The van der Waals surface area contributed by atoms with Gasteiger partial charge >= 0.3 is 5.69 Å². The second kappa shape index (κ2) is 9.16. The van der Waals surface area contributed by atoms with Crippen molar-refractivity contribution in [2.24, 2.45) is 7.05 Å². The van der Waals surface area contributed by atoms with Crippen LogP contribution in [0.5, 0.6) is 5.75 Å². The fourth-order valence-electron chi connectivity index (χ4n) is 4.35. The van der Waals surface area contributed by atoms with Crippen molar-refractivity contribution in [3.63, 3.8) is 0 Å². The van der Waals surface area contributed by atoms with Crippen LogP contribution in [0.4, 0.5) is 10.2 Å². The Morgan fingerprint density at radius 3 is 2.60 bits per heavy atom. The van der Waals surface area contributed by atoms with Gasteiger partial charge in [0.1, 0.15) is 11.6 Å². The Labute approximate surface area is 206 Å². The molecule has 4 aromatic rings. The molecule has 1 aliphatic heterocycles. The Bertz CT molecular complexity index is 1470. The maximum Gasteiger partial charge on any atom is 0.332 e. The maximum absolute atomic E-state index is 14.7. The standard InChI is InChI=1S/C25H24ClFN6O2/c1-15-14-32(6-5-28-15)23-10-17(13-29-30-23)20-12-18(27)11-19(24(20)34)16-3-4-22(21(26)9-16)33-8-7-31(2)25(33)35/h3-4,7-13,15,28,34H,5-6,14H2,1-2H3/t15-/m1/s1. The van der Waals surface area contributed by atoms with Crippen LogP contribution in [0.3, 0.4) is 0 Å². The predicted octanol–water partition coefficient (Wildman–Crippen LogP) is 3.60. The highest BCUT2D eigenvalue weighted by atomic mass is 35.5. The summed E-state index contributed by atoms with van der Waals surface area (Å²) in [4.78, 5) is 14.4. The zero-order valence-electron chi connectivity index (χ0n) is 19.2. The van der Waals surface area contributed by atoms with E-state index in [1.807, 2.05) is 0 Å². The zero-order valence-corrected chi connectivity index (χ0v) is 20.0. The molecule has 2 aromatic heterocycles. The molecule has 1 saturated heterocycles. The molecule has 3 heterocycles. The van der Waals surface area contributed by atoms with E-state index < -0.39 is 5.82 Å². The molecule has 1 fully saturated rings. The number of rotatable bonds is 4. The number of aryl methyl sites for hydroxylation is 1. The average Bonchev–Trinajstić information content (AvgIpc) is 3.18. The van der Waals surface area contributed by atoms with E-state index in [1.165, 1.54) is 27.5 Å². The molecule has 0 saturated carbocycles. The van der Waals surface area contributed by atoms with Gasteiger partial charge in [-0.1, -0.05) is 17.7 Å². The number of benzene rings is 2. The summed E-state index contributed by atoms with van der Waals surface area (Å²) in [5.74, 6) is 0.0583. The Hall–Kier alpha value is -3.69. The Kier molecular flexibility index (Phi) is 6.04. The number of nitrogens with one attached hydrogen (secondary N) is 1. The molecular formula is C25H24ClFN6O2. The Morgan fingerprint density at radius 1 is 1.14 bits per heavy atom. The van der Waals surface area contributed by atoms with Gasteiger partial charge < -0.3 is 19.9 Å². The smallest absolute Gasteiger partial charge is 0.332 e. The molecule has 10 heteroatoms. The van der Waals surface area contributed by atoms with Crippen molar-refractivity contribution in [1.29, 1.82) is 0 Å². The molecule has 1 atom stereocenters. The minimum absolute atomic E-state index is 0.0975. The van der Waals surface area contributed by atoms with E-state index in [4.69, 9.17) is 11.6 Å². The van der Waals surface area contributed by atoms with E-state index in [0.29, 0.717) is 39.3 Å². The van der Waals surface area contributed by atoms with Crippen LogP contribution in [0.25, 0.3) is 27.9 Å². The van der Waals surface area contributed by atoms with Crippen LogP contribution >= 0.6 is 11.6 Å². The normalized spacial score (nSPS) is 16.0. The first-order valence-electron chi connectivity index (χ1n) is 11.2. The maximum atomic E-state index is 14.7. The lowest BCUT2D eigenvalue weighted by Gasteiger charge is -2.32. The van der Waals surface area contributed by atoms with E-state index in [1.54, 1.807) is 43.7 Å². The first-order chi connectivity index (χ1) is 16.8. The van der Waals surface area contributed by atoms with Gasteiger partial charge in [-0.3, -0.25) is 4.57 Å². The van der Waals surface area contributed by atoms with Gasteiger partial charge in [-0.05, 0) is 42.8 Å². The van der Waals surface area contributed by atoms with Gasteiger partial charge in [0, 0.05) is 61.8 Å². The molecule has 0 unspecified atom stereocenters. The van der Waals surface area contributed by atoms with Crippen LogP contribution in [0, 0.1) is 5.82 Å². The number of imidazole rings is 1. The molecule has 180 valence electrons. The van der Waals surface area contributed by atoms with Crippen molar-refractivity contribution in [2.45, 2.75) is 13.0 Å². The number of hydrogen-bond donors (Lipinski definition) is 2. The number of hydrogen-bond acceptors (Lipinski definition) is 6. The van der Waals surface area contributed by atoms with Crippen LogP contribution in [0.15, 0.2) is 59.8 Å². The van der Waals surface area contributed by atoms with E-state index in [2.05, 4.69) is 27.3 Å². The third-order valence-corrected chi connectivity index (χ3v) is 6.49. The Balaban J connectivity index is 1.54. The lowest BCUT2D eigenvalue weighted by molar-refractivity contribution is 0.477. The average molecular weight is 495 g/mol. The van der Waals surface area contributed by atoms with Gasteiger partial charge in [-0.25, -0.2) is 9.18 Å². The number of aromatic hydroxyl groups is 1. The molecule has 0 spiro atoms. The number of anilines is 1. The van der Waals surface area contributed by atoms with Crippen LogP contribution in [0.2, 0.25) is 5.02 Å². The largest absolute Gasteiger partial charge is 0.507 e. The molecule has 0 radical (unpaired) electrons. The van der Waals surface area contributed by atoms with E-state index in [0.717, 1.165) is 19.6 Å². The van der Waals surface area contributed by atoms with Crippen molar-refractivity contribution in [2.75, 3.05) is 24.5 Å². The number of nitrogens with zero attached hydrogens (tertiary/aromatic N) is 5. The summed E-state index contributed by atoms with van der Waals surface area (Å²) in [6.45, 7) is 4.47. The van der Waals surface area contributed by atoms with Gasteiger partial charge in [0.05, 0.1) is 16.9 Å². The second-order valence-electron chi connectivity index (χ2n) is 8.68. The van der Waals surface area contributed by atoms with Crippen molar-refractivity contribution in [1.82, 2.24) is 24.6 Å². The summed E-state index contributed by atoms with van der Waals surface area (Å²) < 4.78 is 17.6. The summed E-state index contributed by atoms with van der Waals surface area (Å²) >= 11 is 6.49. The molecule has 0 aliphatic carbocycles. The molecule has 1 aliphatic rings. The van der Waals surface area contributed by atoms with Crippen LogP contribution in [-0.2, 0) is 7.05 Å².